The minimum Gasteiger partial charge on any atom is -0.357 e. The number of piperazine rings is 1. The van der Waals surface area contributed by atoms with Crippen LogP contribution in [0.25, 0.3) is 21.1 Å². The molecule has 3 aliphatic rings. The van der Waals surface area contributed by atoms with Gasteiger partial charge in [-0.05, 0) is 62.6 Å². The van der Waals surface area contributed by atoms with Crippen LogP contribution in [0.15, 0.2) is 24.3 Å². The smallest absolute Gasteiger partial charge is 0.357 e. The van der Waals surface area contributed by atoms with Crippen molar-refractivity contribution >= 4 is 44.2 Å². The molecule has 250 valence electrons. The molecule has 2 unspecified atom stereocenters. The highest BCUT2D eigenvalue weighted by Crippen LogP contribution is 2.44. The van der Waals surface area contributed by atoms with Gasteiger partial charge in [0.1, 0.15) is 22.4 Å². The van der Waals surface area contributed by atoms with Gasteiger partial charge in [0.15, 0.2) is 0 Å². The Morgan fingerprint density at radius 1 is 1.09 bits per heavy atom. The van der Waals surface area contributed by atoms with Crippen LogP contribution in [0.2, 0.25) is 0 Å². The fraction of sp³-hybridized carbons (Fsp3) is 0.559. The summed E-state index contributed by atoms with van der Waals surface area (Å²) in [5.41, 5.74) is 4.46. The molecule has 0 aliphatic carbocycles. The number of aryl methyl sites for hydroxylation is 1. The van der Waals surface area contributed by atoms with Gasteiger partial charge in [-0.1, -0.05) is 6.07 Å². The molecule has 2 atom stereocenters. The Labute approximate surface area is 277 Å². The molecule has 3 aliphatic heterocycles. The third-order valence-electron chi connectivity index (χ3n) is 10.5. The van der Waals surface area contributed by atoms with E-state index in [1.54, 1.807) is 13.1 Å². The first-order chi connectivity index (χ1) is 22.5. The molecule has 13 heteroatoms. The molecule has 9 nitrogen and oxygen atoms in total. The zero-order valence-electron chi connectivity index (χ0n) is 27.3. The topological polar surface area (TPSA) is 88.3 Å². The van der Waals surface area contributed by atoms with Crippen molar-refractivity contribution in [3.63, 3.8) is 0 Å². The molecule has 6 heterocycles. The molecule has 3 aromatic heterocycles. The van der Waals surface area contributed by atoms with Crippen LogP contribution in [-0.4, -0.2) is 96.0 Å². The minimum atomic E-state index is -4.26. The molecule has 3 saturated heterocycles. The molecule has 7 rings (SSSR count). The highest BCUT2D eigenvalue weighted by molar-refractivity contribution is 7.18. The predicted molar refractivity (Wildman–Crippen MR) is 181 cm³/mol. The number of nitrogens with zero attached hydrogens (tertiary/aromatic N) is 7. The van der Waals surface area contributed by atoms with E-state index in [4.69, 9.17) is 4.98 Å². The largest absolute Gasteiger partial charge is 0.393 e. The lowest BCUT2D eigenvalue weighted by atomic mass is 9.86. The van der Waals surface area contributed by atoms with Crippen molar-refractivity contribution in [3.05, 3.63) is 46.0 Å². The molecule has 2 N–H and O–H groups in total. The monoisotopic (exact) mass is 665 g/mol. The SMILES string of the molecule is CNc1nc(N2CCC3(CCN(Cc4ccc5c(cc(C#N)n5CC(C)N5CCNCC5)c4C)C3)C2)c2cc(CC(F)(F)F)sc2n1. The van der Waals surface area contributed by atoms with Crippen molar-refractivity contribution in [3.8, 4) is 6.07 Å². The molecule has 0 amide bonds. The molecular formula is C34H42F3N9S. The van der Waals surface area contributed by atoms with Crippen LogP contribution >= 0.6 is 11.3 Å². The molecule has 4 aromatic rings. The van der Waals surface area contributed by atoms with Crippen LogP contribution in [0.5, 0.6) is 0 Å². The molecule has 1 spiro atoms. The summed E-state index contributed by atoms with van der Waals surface area (Å²) in [5, 5.41) is 18.3. The lowest BCUT2D eigenvalue weighted by Gasteiger charge is -2.33. The van der Waals surface area contributed by atoms with Crippen LogP contribution in [-0.2, 0) is 19.5 Å². The number of thiophene rings is 1. The Bertz CT molecular complexity index is 1820. The first-order valence-electron chi connectivity index (χ1n) is 16.5. The number of alkyl halides is 3. The van der Waals surface area contributed by atoms with E-state index in [0.717, 1.165) is 106 Å². The summed E-state index contributed by atoms with van der Waals surface area (Å²) < 4.78 is 41.7. The van der Waals surface area contributed by atoms with E-state index in [1.165, 1.54) is 11.1 Å². The van der Waals surface area contributed by atoms with Gasteiger partial charge in [-0.25, -0.2) is 4.98 Å². The molecular weight excluding hydrogens is 623 g/mol. The van der Waals surface area contributed by atoms with E-state index in [2.05, 4.69) is 73.0 Å². The summed E-state index contributed by atoms with van der Waals surface area (Å²) in [6.07, 6.45) is -3.13. The Hall–Kier alpha value is -3.44. The van der Waals surface area contributed by atoms with Crippen molar-refractivity contribution in [1.82, 2.24) is 29.7 Å². The maximum Gasteiger partial charge on any atom is 0.393 e. The van der Waals surface area contributed by atoms with Crippen molar-refractivity contribution in [1.29, 1.82) is 5.26 Å². The van der Waals surface area contributed by atoms with Gasteiger partial charge in [-0.15, -0.1) is 11.3 Å². The number of hydrogen-bond acceptors (Lipinski definition) is 9. The Morgan fingerprint density at radius 2 is 1.87 bits per heavy atom. The highest BCUT2D eigenvalue weighted by atomic mass is 32.1. The zero-order valence-corrected chi connectivity index (χ0v) is 28.1. The van der Waals surface area contributed by atoms with Crippen LogP contribution in [0.4, 0.5) is 24.9 Å². The van der Waals surface area contributed by atoms with E-state index in [1.807, 2.05) is 0 Å². The van der Waals surface area contributed by atoms with Crippen molar-refractivity contribution < 1.29 is 13.2 Å². The third-order valence-corrected chi connectivity index (χ3v) is 11.5. The van der Waals surface area contributed by atoms with Gasteiger partial charge in [-0.2, -0.15) is 23.4 Å². The summed E-state index contributed by atoms with van der Waals surface area (Å²) in [6.45, 7) is 13.7. The van der Waals surface area contributed by atoms with Crippen LogP contribution in [0, 0.1) is 23.7 Å². The van der Waals surface area contributed by atoms with Crippen molar-refractivity contribution in [2.24, 2.45) is 5.41 Å². The number of benzene rings is 1. The number of anilines is 2. The van der Waals surface area contributed by atoms with Gasteiger partial charge in [0.25, 0.3) is 0 Å². The summed E-state index contributed by atoms with van der Waals surface area (Å²) >= 11 is 1.10. The fourth-order valence-corrected chi connectivity index (χ4v) is 8.98. The van der Waals surface area contributed by atoms with Gasteiger partial charge in [0.2, 0.25) is 5.95 Å². The zero-order chi connectivity index (χ0) is 32.9. The van der Waals surface area contributed by atoms with E-state index in [-0.39, 0.29) is 10.3 Å². The van der Waals surface area contributed by atoms with E-state index in [0.29, 0.717) is 27.9 Å². The van der Waals surface area contributed by atoms with Crippen LogP contribution < -0.4 is 15.5 Å². The standard InChI is InChI=1S/C34H42F3N9S/c1-22(44-12-8-40-9-13-44)18-46-25(17-38)14-27-23(2)24(4-5-29(27)46)19-43-10-6-33(20-43)7-11-45(21-33)30-28-15-26(16-34(35,36)37)47-31(28)42-32(39-3)41-30/h4-5,14-15,22,40H,6-13,16,18-21H2,1-3H3,(H,39,41,42). The molecule has 3 fully saturated rings. The second kappa shape index (κ2) is 12.5. The number of likely N-dealkylation sites (tertiary alicyclic amines) is 1. The van der Waals surface area contributed by atoms with Gasteiger partial charge < -0.3 is 20.1 Å². The number of fused-ring (bicyclic) bond motifs is 2. The van der Waals surface area contributed by atoms with Gasteiger partial charge >= 0.3 is 6.18 Å². The lowest BCUT2D eigenvalue weighted by molar-refractivity contribution is -0.126. The maximum atomic E-state index is 13.2. The Morgan fingerprint density at radius 3 is 2.62 bits per heavy atom. The first-order valence-corrected chi connectivity index (χ1v) is 17.4. The fourth-order valence-electron chi connectivity index (χ4n) is 7.93. The van der Waals surface area contributed by atoms with Gasteiger partial charge in [-0.3, -0.25) is 9.80 Å². The first kappa shape index (κ1) is 32.1. The number of hydrogen-bond donors (Lipinski definition) is 2. The number of rotatable bonds is 8. The van der Waals surface area contributed by atoms with E-state index >= 15 is 0 Å². The number of nitriles is 1. The molecule has 47 heavy (non-hydrogen) atoms. The van der Waals surface area contributed by atoms with Gasteiger partial charge in [0, 0.05) is 93.2 Å². The van der Waals surface area contributed by atoms with Crippen molar-refractivity contribution in [2.45, 2.75) is 58.4 Å². The van der Waals surface area contributed by atoms with E-state index < -0.39 is 12.6 Å². The molecule has 0 saturated carbocycles. The summed E-state index contributed by atoms with van der Waals surface area (Å²) in [5.74, 6) is 1.16. The lowest BCUT2D eigenvalue weighted by Crippen LogP contribution is -2.48. The van der Waals surface area contributed by atoms with Crippen molar-refractivity contribution in [2.75, 3.05) is 69.6 Å². The quantitative estimate of drug-likeness (QED) is 0.260. The average Bonchev–Trinajstić information content (AvgIpc) is 3.83. The number of nitrogens with one attached hydrogen (secondary N) is 2. The van der Waals surface area contributed by atoms with Gasteiger partial charge in [0.05, 0.1) is 11.8 Å². The molecule has 0 radical (unpaired) electrons. The number of aromatic nitrogens is 3. The predicted octanol–water partition coefficient (Wildman–Crippen LogP) is 5.37. The van der Waals surface area contributed by atoms with Crippen LogP contribution in [0.1, 0.15) is 41.5 Å². The summed E-state index contributed by atoms with van der Waals surface area (Å²) in [6, 6.07) is 10.9. The Balaban J connectivity index is 1.07. The second-order valence-electron chi connectivity index (χ2n) is 13.6. The summed E-state index contributed by atoms with van der Waals surface area (Å²) in [4.78, 5) is 17.3. The Kier molecular flexibility index (Phi) is 8.57. The summed E-state index contributed by atoms with van der Waals surface area (Å²) in [7, 11) is 1.74. The highest BCUT2D eigenvalue weighted by Gasteiger charge is 2.44. The molecule has 0 bridgehead atoms. The third kappa shape index (κ3) is 6.40. The van der Waals surface area contributed by atoms with Crippen LogP contribution in [0.3, 0.4) is 0 Å². The minimum absolute atomic E-state index is 0.108. The average molecular weight is 666 g/mol. The second-order valence-corrected chi connectivity index (χ2v) is 14.8. The number of halogens is 3. The maximum absolute atomic E-state index is 13.2. The molecule has 1 aromatic carbocycles. The normalized spacial score (nSPS) is 21.8. The van der Waals surface area contributed by atoms with E-state index in [9.17, 15) is 18.4 Å².